The molecule has 0 saturated carbocycles. The zero-order chi connectivity index (χ0) is 20.4. The van der Waals surface area contributed by atoms with Gasteiger partial charge in [0.05, 0.1) is 13.2 Å². The van der Waals surface area contributed by atoms with Crippen LogP contribution in [0.15, 0.2) is 23.3 Å². The van der Waals surface area contributed by atoms with Crippen molar-refractivity contribution in [2.24, 2.45) is 5.10 Å². The number of rotatable bonds is 10. The lowest BCUT2D eigenvalue weighted by Crippen LogP contribution is -2.34. The molecule has 9 heteroatoms. The van der Waals surface area contributed by atoms with E-state index >= 15 is 0 Å². The van der Waals surface area contributed by atoms with Crippen LogP contribution in [0.4, 0.5) is 0 Å². The van der Waals surface area contributed by atoms with E-state index in [1.807, 2.05) is 32.0 Å². The topological polar surface area (TPSA) is 115 Å². The Hall–Kier alpha value is -3.10. The minimum absolute atomic E-state index is 0.102. The van der Waals surface area contributed by atoms with Crippen molar-refractivity contribution in [3.63, 3.8) is 0 Å². The number of carbonyl (C=O) groups excluding carboxylic acids is 3. The summed E-state index contributed by atoms with van der Waals surface area (Å²) in [5.74, 6) is -0.0165. The Kier molecular flexibility index (Phi) is 8.26. The minimum Gasteiger partial charge on any atom is -0.490 e. The molecule has 28 heavy (non-hydrogen) atoms. The van der Waals surface area contributed by atoms with Crippen molar-refractivity contribution >= 4 is 23.5 Å². The van der Waals surface area contributed by atoms with Crippen LogP contribution in [0.5, 0.6) is 11.5 Å². The van der Waals surface area contributed by atoms with Crippen molar-refractivity contribution in [3.8, 4) is 11.5 Å². The number of hydrogen-bond acceptors (Lipinski definition) is 7. The summed E-state index contributed by atoms with van der Waals surface area (Å²) < 4.78 is 16.0. The molecular formula is C19H25N3O6. The number of nitrogens with zero attached hydrogens (tertiary/aromatic N) is 1. The van der Waals surface area contributed by atoms with E-state index in [1.54, 1.807) is 0 Å². The van der Waals surface area contributed by atoms with Gasteiger partial charge in [-0.2, -0.15) is 5.10 Å². The van der Waals surface area contributed by atoms with E-state index < -0.39 is 18.5 Å². The minimum atomic E-state index is -0.706. The summed E-state index contributed by atoms with van der Waals surface area (Å²) in [7, 11) is 0. The van der Waals surface area contributed by atoms with Gasteiger partial charge in [-0.1, -0.05) is 6.07 Å². The molecule has 1 aliphatic rings. The lowest BCUT2D eigenvalue weighted by atomic mass is 10.1. The van der Waals surface area contributed by atoms with Gasteiger partial charge < -0.3 is 19.5 Å². The molecule has 2 rings (SSSR count). The van der Waals surface area contributed by atoms with E-state index in [1.165, 1.54) is 0 Å². The van der Waals surface area contributed by atoms with Gasteiger partial charge in [-0.15, -0.1) is 0 Å². The van der Waals surface area contributed by atoms with Gasteiger partial charge in [0, 0.05) is 19.4 Å². The van der Waals surface area contributed by atoms with E-state index in [0.29, 0.717) is 37.7 Å². The Balaban J connectivity index is 1.75. The predicted octanol–water partition coefficient (Wildman–Crippen LogP) is 0.952. The number of hydrogen-bond donors (Lipinski definition) is 2. The first kappa shape index (κ1) is 21.2. The lowest BCUT2D eigenvalue weighted by Gasteiger charge is -2.13. The van der Waals surface area contributed by atoms with Crippen molar-refractivity contribution in [2.75, 3.05) is 26.4 Å². The predicted molar refractivity (Wildman–Crippen MR) is 101 cm³/mol. The Labute approximate surface area is 163 Å². The first-order chi connectivity index (χ1) is 13.5. The van der Waals surface area contributed by atoms with Crippen molar-refractivity contribution in [2.45, 2.75) is 33.1 Å². The number of nitrogens with one attached hydrogen (secondary N) is 2. The summed E-state index contributed by atoms with van der Waals surface area (Å²) in [5.41, 5.74) is 3.29. The summed E-state index contributed by atoms with van der Waals surface area (Å²) in [6.45, 7) is 4.86. The van der Waals surface area contributed by atoms with Gasteiger partial charge in [0.1, 0.15) is 5.71 Å². The molecule has 1 heterocycles. The largest absolute Gasteiger partial charge is 0.490 e. The molecule has 0 fully saturated rings. The Morgan fingerprint density at radius 2 is 1.89 bits per heavy atom. The second-order valence-electron chi connectivity index (χ2n) is 5.92. The van der Waals surface area contributed by atoms with Crippen LogP contribution in [0.1, 0.15) is 32.3 Å². The monoisotopic (exact) mass is 391 g/mol. The van der Waals surface area contributed by atoms with Crippen LogP contribution in [0, 0.1) is 0 Å². The van der Waals surface area contributed by atoms with Crippen LogP contribution in [-0.4, -0.2) is 49.9 Å². The maximum absolute atomic E-state index is 11.8. The maximum atomic E-state index is 11.8. The number of carbonyl (C=O) groups is 3. The highest BCUT2D eigenvalue weighted by Crippen LogP contribution is 2.28. The fraction of sp³-hybridized carbons (Fsp3) is 0.474. The van der Waals surface area contributed by atoms with Gasteiger partial charge in [0.25, 0.3) is 5.91 Å². The fourth-order valence-corrected chi connectivity index (χ4v) is 2.48. The molecule has 2 amide bonds. The van der Waals surface area contributed by atoms with Crippen molar-refractivity contribution in [3.05, 3.63) is 23.8 Å². The first-order valence-corrected chi connectivity index (χ1v) is 9.21. The molecule has 0 spiro atoms. The molecule has 0 unspecified atom stereocenters. The number of benzene rings is 1. The second-order valence-corrected chi connectivity index (χ2v) is 5.92. The summed E-state index contributed by atoms with van der Waals surface area (Å²) in [5, 5.41) is 6.31. The zero-order valence-electron chi connectivity index (χ0n) is 16.1. The normalized spacial score (nSPS) is 13.2. The van der Waals surface area contributed by atoms with Crippen LogP contribution in [0.3, 0.4) is 0 Å². The summed E-state index contributed by atoms with van der Waals surface area (Å²) >= 11 is 0. The van der Waals surface area contributed by atoms with E-state index in [4.69, 9.17) is 14.2 Å². The molecule has 1 aromatic carbocycles. The molecule has 0 aromatic heterocycles. The molecular weight excluding hydrogens is 366 g/mol. The molecule has 1 aromatic rings. The van der Waals surface area contributed by atoms with E-state index in [0.717, 1.165) is 5.56 Å². The third-order valence-corrected chi connectivity index (χ3v) is 3.82. The lowest BCUT2D eigenvalue weighted by molar-refractivity contribution is -0.142. The molecule has 0 bridgehead atoms. The zero-order valence-corrected chi connectivity index (χ0v) is 16.1. The Bertz CT molecular complexity index is 747. The summed E-state index contributed by atoms with van der Waals surface area (Å²) in [4.78, 5) is 34.6. The van der Waals surface area contributed by atoms with Crippen molar-refractivity contribution in [1.29, 1.82) is 0 Å². The van der Waals surface area contributed by atoms with Gasteiger partial charge in [-0.05, 0) is 38.0 Å². The highest BCUT2D eigenvalue weighted by atomic mass is 16.5. The third-order valence-electron chi connectivity index (χ3n) is 3.82. The summed E-state index contributed by atoms with van der Waals surface area (Å²) in [6.07, 6.45) is 0.961. The molecule has 0 aliphatic carbocycles. The molecule has 152 valence electrons. The molecule has 2 N–H and O–H groups in total. The average molecular weight is 391 g/mol. The first-order valence-electron chi connectivity index (χ1n) is 9.21. The molecule has 1 aliphatic heterocycles. The Morgan fingerprint density at radius 1 is 1.14 bits per heavy atom. The number of hydrazone groups is 1. The van der Waals surface area contributed by atoms with Crippen molar-refractivity contribution < 1.29 is 28.6 Å². The number of ether oxygens (including phenoxy) is 3. The Morgan fingerprint density at radius 3 is 2.57 bits per heavy atom. The van der Waals surface area contributed by atoms with Crippen LogP contribution in [-0.2, 0) is 25.5 Å². The molecule has 0 radical (unpaired) electrons. The van der Waals surface area contributed by atoms with Gasteiger partial charge in [-0.25, -0.2) is 10.2 Å². The van der Waals surface area contributed by atoms with Crippen molar-refractivity contribution in [1.82, 2.24) is 10.7 Å². The number of amides is 2. The van der Waals surface area contributed by atoms with Crippen LogP contribution in [0.25, 0.3) is 0 Å². The quantitative estimate of drug-likeness (QED) is 0.574. The smallest absolute Gasteiger partial charge is 0.355 e. The SMILES string of the molecule is CCOc1ccc(CCNC(=O)COC(=O)C2=NNC(=O)CC2)cc1OCC. The number of esters is 1. The van der Waals surface area contributed by atoms with Crippen LogP contribution < -0.4 is 20.2 Å². The molecule has 0 saturated heterocycles. The standard InChI is InChI=1S/C19H25N3O6/c1-3-26-15-7-5-13(11-16(15)27-4-2)9-10-20-18(24)12-28-19(25)14-6-8-17(23)22-21-14/h5,7,11H,3-4,6,8-10,12H2,1-2H3,(H,20,24)(H,22,23). The van der Waals surface area contributed by atoms with Crippen LogP contribution in [0.2, 0.25) is 0 Å². The fourth-order valence-electron chi connectivity index (χ4n) is 2.48. The molecule has 0 atom stereocenters. The van der Waals surface area contributed by atoms with E-state index in [-0.39, 0.29) is 24.5 Å². The van der Waals surface area contributed by atoms with Crippen LogP contribution >= 0.6 is 0 Å². The van der Waals surface area contributed by atoms with Gasteiger partial charge in [-0.3, -0.25) is 9.59 Å². The third kappa shape index (κ3) is 6.57. The maximum Gasteiger partial charge on any atom is 0.355 e. The second kappa shape index (κ2) is 10.9. The van der Waals surface area contributed by atoms with E-state index in [2.05, 4.69) is 15.8 Å². The van der Waals surface area contributed by atoms with E-state index in [9.17, 15) is 14.4 Å². The highest BCUT2D eigenvalue weighted by Gasteiger charge is 2.20. The van der Waals surface area contributed by atoms with Gasteiger partial charge >= 0.3 is 5.97 Å². The van der Waals surface area contributed by atoms with Gasteiger partial charge in [0.15, 0.2) is 18.1 Å². The highest BCUT2D eigenvalue weighted by molar-refractivity contribution is 6.37. The average Bonchev–Trinajstić information content (AvgIpc) is 2.69. The molecule has 9 nitrogen and oxygen atoms in total. The summed E-state index contributed by atoms with van der Waals surface area (Å²) in [6, 6.07) is 5.64. The van der Waals surface area contributed by atoms with Gasteiger partial charge in [0.2, 0.25) is 5.91 Å².